The minimum Gasteiger partial charge on any atom is -0.314 e. The molecule has 0 amide bonds. The zero-order valence-corrected chi connectivity index (χ0v) is 12.5. The van der Waals surface area contributed by atoms with Gasteiger partial charge < -0.3 is 15.1 Å². The molecule has 2 rings (SSSR count). The highest BCUT2D eigenvalue weighted by Crippen LogP contribution is 2.25. The molecule has 0 aromatic rings. The predicted octanol–water partition coefficient (Wildman–Crippen LogP) is 1.79. The molecule has 0 bridgehead atoms. The molecular weight excluding hydrogens is 222 g/mol. The van der Waals surface area contributed by atoms with Crippen LogP contribution in [0.4, 0.5) is 0 Å². The number of hydrogen-bond donors (Lipinski definition) is 1. The van der Waals surface area contributed by atoms with Gasteiger partial charge in [0.05, 0.1) is 0 Å². The van der Waals surface area contributed by atoms with E-state index in [0.29, 0.717) is 0 Å². The molecule has 0 spiro atoms. The summed E-state index contributed by atoms with van der Waals surface area (Å²) in [6.45, 7) is 7.34. The van der Waals surface area contributed by atoms with Crippen LogP contribution in [0.15, 0.2) is 0 Å². The number of rotatable bonds is 6. The summed E-state index contributed by atoms with van der Waals surface area (Å²) in [6, 6.07) is 1.61. The van der Waals surface area contributed by atoms with E-state index >= 15 is 0 Å². The smallest absolute Gasteiger partial charge is 0.0108 e. The van der Waals surface area contributed by atoms with Crippen LogP contribution in [0.2, 0.25) is 0 Å². The Hall–Kier alpha value is -0.120. The van der Waals surface area contributed by atoms with E-state index in [1.165, 1.54) is 58.3 Å². The lowest BCUT2D eigenvalue weighted by Crippen LogP contribution is -2.36. The van der Waals surface area contributed by atoms with Crippen LogP contribution in [-0.4, -0.2) is 62.2 Å². The highest BCUT2D eigenvalue weighted by Gasteiger charge is 2.29. The van der Waals surface area contributed by atoms with E-state index < -0.39 is 0 Å². The first kappa shape index (κ1) is 14.3. The van der Waals surface area contributed by atoms with Gasteiger partial charge in [-0.25, -0.2) is 0 Å². The highest BCUT2D eigenvalue weighted by molar-refractivity contribution is 4.87. The zero-order chi connectivity index (χ0) is 13.0. The molecule has 3 unspecified atom stereocenters. The number of nitrogens with one attached hydrogen (secondary N) is 1. The highest BCUT2D eigenvalue weighted by atomic mass is 15.2. The van der Waals surface area contributed by atoms with Crippen molar-refractivity contribution < 1.29 is 0 Å². The van der Waals surface area contributed by atoms with Crippen LogP contribution in [0.5, 0.6) is 0 Å². The summed E-state index contributed by atoms with van der Waals surface area (Å²) < 4.78 is 0. The van der Waals surface area contributed by atoms with Crippen LogP contribution < -0.4 is 5.32 Å². The van der Waals surface area contributed by atoms with Crippen LogP contribution >= 0.6 is 0 Å². The van der Waals surface area contributed by atoms with Crippen molar-refractivity contribution in [1.29, 1.82) is 0 Å². The van der Waals surface area contributed by atoms with Gasteiger partial charge in [-0.2, -0.15) is 0 Å². The Kier molecular flexibility index (Phi) is 5.46. The van der Waals surface area contributed by atoms with E-state index in [0.717, 1.165) is 18.0 Å². The number of hydrogen-bond acceptors (Lipinski definition) is 3. The third-order valence-electron chi connectivity index (χ3n) is 4.75. The molecule has 18 heavy (non-hydrogen) atoms. The predicted molar refractivity (Wildman–Crippen MR) is 78.0 cm³/mol. The summed E-state index contributed by atoms with van der Waals surface area (Å²) in [5.74, 6) is 0.905. The lowest BCUT2D eigenvalue weighted by molar-refractivity contribution is 0.206. The van der Waals surface area contributed by atoms with E-state index in [4.69, 9.17) is 0 Å². The van der Waals surface area contributed by atoms with Gasteiger partial charge in [-0.15, -0.1) is 0 Å². The molecule has 1 saturated carbocycles. The minimum absolute atomic E-state index is 0.781. The molecular formula is C15H31N3. The summed E-state index contributed by atoms with van der Waals surface area (Å²) in [7, 11) is 4.59. The molecule has 1 aliphatic heterocycles. The first-order chi connectivity index (χ1) is 8.69. The molecule has 2 aliphatic rings. The molecule has 3 heteroatoms. The molecule has 3 nitrogen and oxygen atoms in total. The van der Waals surface area contributed by atoms with Crippen LogP contribution in [0.1, 0.15) is 39.0 Å². The van der Waals surface area contributed by atoms with Crippen molar-refractivity contribution in [2.75, 3.05) is 40.3 Å². The summed E-state index contributed by atoms with van der Waals surface area (Å²) >= 11 is 0. The summed E-state index contributed by atoms with van der Waals surface area (Å²) in [6.07, 6.45) is 6.77. The van der Waals surface area contributed by atoms with Crippen LogP contribution in [0, 0.1) is 5.92 Å². The van der Waals surface area contributed by atoms with E-state index in [2.05, 4.69) is 36.1 Å². The van der Waals surface area contributed by atoms with E-state index in [-0.39, 0.29) is 0 Å². The SMILES string of the molecule is CCCNC1CCC(N(C)CC2CCN(C)C2)C1. The fraction of sp³-hybridized carbons (Fsp3) is 1.00. The lowest BCUT2D eigenvalue weighted by atomic mass is 10.1. The minimum atomic E-state index is 0.781. The maximum atomic E-state index is 3.68. The normalized spacial score (nSPS) is 33.7. The lowest BCUT2D eigenvalue weighted by Gasteiger charge is -2.27. The first-order valence-corrected chi connectivity index (χ1v) is 7.81. The molecule has 3 atom stereocenters. The van der Waals surface area contributed by atoms with Gasteiger partial charge in [0.2, 0.25) is 0 Å². The molecule has 106 valence electrons. The summed E-state index contributed by atoms with van der Waals surface area (Å²) in [5, 5.41) is 3.68. The van der Waals surface area contributed by atoms with Crippen LogP contribution in [0.3, 0.4) is 0 Å². The third-order valence-corrected chi connectivity index (χ3v) is 4.75. The van der Waals surface area contributed by atoms with Crippen molar-refractivity contribution in [3.05, 3.63) is 0 Å². The topological polar surface area (TPSA) is 18.5 Å². The van der Waals surface area contributed by atoms with E-state index in [9.17, 15) is 0 Å². The standard InChI is InChI=1S/C15H31N3/c1-4-8-16-14-5-6-15(10-14)18(3)12-13-7-9-17(2)11-13/h13-16H,4-12H2,1-3H3. The van der Waals surface area contributed by atoms with Crippen molar-refractivity contribution in [3.63, 3.8) is 0 Å². The molecule has 1 aliphatic carbocycles. The van der Waals surface area contributed by atoms with Crippen molar-refractivity contribution in [2.45, 2.75) is 51.1 Å². The molecule has 1 heterocycles. The second-order valence-corrected chi connectivity index (χ2v) is 6.47. The molecule has 2 fully saturated rings. The first-order valence-electron chi connectivity index (χ1n) is 7.81. The monoisotopic (exact) mass is 253 g/mol. The molecule has 1 N–H and O–H groups in total. The fourth-order valence-corrected chi connectivity index (χ4v) is 3.62. The Morgan fingerprint density at radius 2 is 2.11 bits per heavy atom. The largest absolute Gasteiger partial charge is 0.314 e. The van der Waals surface area contributed by atoms with Crippen molar-refractivity contribution in [1.82, 2.24) is 15.1 Å². The maximum Gasteiger partial charge on any atom is 0.0108 e. The molecule has 0 aromatic carbocycles. The summed E-state index contributed by atoms with van der Waals surface area (Å²) in [4.78, 5) is 5.11. The van der Waals surface area contributed by atoms with Gasteiger partial charge in [0.1, 0.15) is 0 Å². The molecule has 1 saturated heterocycles. The van der Waals surface area contributed by atoms with Gasteiger partial charge in [-0.3, -0.25) is 0 Å². The quantitative estimate of drug-likeness (QED) is 0.778. The van der Waals surface area contributed by atoms with Crippen molar-refractivity contribution in [3.8, 4) is 0 Å². The zero-order valence-electron chi connectivity index (χ0n) is 12.5. The Balaban J connectivity index is 1.68. The van der Waals surface area contributed by atoms with Crippen molar-refractivity contribution in [2.24, 2.45) is 5.92 Å². The van der Waals surface area contributed by atoms with Gasteiger partial charge in [-0.05, 0) is 65.2 Å². The second-order valence-electron chi connectivity index (χ2n) is 6.47. The molecule has 0 radical (unpaired) electrons. The summed E-state index contributed by atoms with van der Waals surface area (Å²) in [5.41, 5.74) is 0. The van der Waals surface area contributed by atoms with Crippen LogP contribution in [0.25, 0.3) is 0 Å². The van der Waals surface area contributed by atoms with Crippen molar-refractivity contribution >= 4 is 0 Å². The van der Waals surface area contributed by atoms with Gasteiger partial charge in [-0.1, -0.05) is 6.92 Å². The Morgan fingerprint density at radius 3 is 2.78 bits per heavy atom. The Labute approximate surface area is 113 Å². The third kappa shape index (κ3) is 3.94. The van der Waals surface area contributed by atoms with Gasteiger partial charge in [0, 0.05) is 25.2 Å². The number of nitrogens with zero attached hydrogens (tertiary/aromatic N) is 2. The fourth-order valence-electron chi connectivity index (χ4n) is 3.62. The average molecular weight is 253 g/mol. The van der Waals surface area contributed by atoms with Crippen LogP contribution in [-0.2, 0) is 0 Å². The van der Waals surface area contributed by atoms with E-state index in [1.807, 2.05) is 0 Å². The molecule has 0 aromatic heterocycles. The van der Waals surface area contributed by atoms with Gasteiger partial charge >= 0.3 is 0 Å². The number of likely N-dealkylation sites (tertiary alicyclic amines) is 1. The maximum absolute atomic E-state index is 3.68. The Bertz CT molecular complexity index is 244. The average Bonchev–Trinajstić information content (AvgIpc) is 2.96. The van der Waals surface area contributed by atoms with E-state index in [1.54, 1.807) is 0 Å². The van der Waals surface area contributed by atoms with Gasteiger partial charge in [0.25, 0.3) is 0 Å². The Morgan fingerprint density at radius 1 is 1.28 bits per heavy atom. The second kappa shape index (κ2) is 6.88. The van der Waals surface area contributed by atoms with Gasteiger partial charge in [0.15, 0.2) is 0 Å².